The van der Waals surface area contributed by atoms with Crippen molar-refractivity contribution < 1.29 is 222 Å². The summed E-state index contributed by atoms with van der Waals surface area (Å²) in [7, 11) is 0. The Labute approximate surface area is 630 Å². The summed E-state index contributed by atoms with van der Waals surface area (Å²) >= 11 is 0. The lowest BCUT2D eigenvalue weighted by Crippen LogP contribution is -2.71. The quantitative estimate of drug-likeness (QED) is 0.0363. The minimum atomic E-state index is -3.58. The van der Waals surface area contributed by atoms with Crippen LogP contribution in [-0.4, -0.2) is 461 Å². The zero-order chi connectivity index (χ0) is 82.2. The van der Waals surface area contributed by atoms with Crippen molar-refractivity contribution in [2.75, 3.05) is 33.0 Å². The first-order valence-corrected chi connectivity index (χ1v) is 35.7. The van der Waals surface area contributed by atoms with Gasteiger partial charge < -0.3 is 219 Å². The molecule has 0 aromatic heterocycles. The number of hydrogen-bond donors (Lipinski definition) is 27. The van der Waals surface area contributed by atoms with Crippen LogP contribution in [0, 0.1) is 0 Å². The summed E-state index contributed by atoms with van der Waals surface area (Å²) in [5, 5.41) is 275. The summed E-state index contributed by atoms with van der Waals surface area (Å²) in [6.45, 7) is 2.15. The third kappa shape index (κ3) is 19.7. The first-order valence-electron chi connectivity index (χ1n) is 35.7. The number of hydrogen-bond acceptors (Lipinski definition) is 44. The van der Waals surface area contributed by atoms with Gasteiger partial charge >= 0.3 is 5.97 Å². The van der Waals surface area contributed by atoms with Gasteiger partial charge in [0.05, 0.1) is 63.6 Å². The molecule has 0 saturated carbocycles. The van der Waals surface area contributed by atoms with E-state index >= 15 is 0 Å². The van der Waals surface area contributed by atoms with E-state index in [0.717, 1.165) is 20.8 Å². The van der Waals surface area contributed by atoms with Crippen LogP contribution in [0.3, 0.4) is 0 Å². The third-order valence-electron chi connectivity index (χ3n) is 20.8. The Hall–Kier alpha value is -3.72. The van der Waals surface area contributed by atoms with Crippen molar-refractivity contribution in [1.29, 1.82) is 0 Å². The number of ether oxygens (including phenoxy) is 17. The zero-order valence-corrected chi connectivity index (χ0v) is 60.5. The lowest BCUT2D eigenvalue weighted by Gasteiger charge is -2.52. The van der Waals surface area contributed by atoms with Gasteiger partial charge in [0.1, 0.15) is 195 Å². The highest BCUT2D eigenvalue weighted by molar-refractivity contribution is 5.76. The fraction of sp³-hybridized carbons (Fsp3) is 0.937. The summed E-state index contributed by atoms with van der Waals surface area (Å²) in [5.74, 6) is -8.55. The Kier molecular flexibility index (Phi) is 31.5. The highest BCUT2D eigenvalue weighted by atomic mass is 16.8. The Morgan fingerprint density at radius 2 is 0.811 bits per heavy atom. The molecule has 9 rings (SSSR count). The first-order chi connectivity index (χ1) is 52.1. The number of aliphatic hydroxyl groups is 23. The summed E-state index contributed by atoms with van der Waals surface area (Å²) < 4.78 is 101. The Balaban J connectivity index is 1.02. The van der Waals surface area contributed by atoms with Gasteiger partial charge in [0.15, 0.2) is 50.3 Å². The van der Waals surface area contributed by atoms with Crippen LogP contribution < -0.4 is 16.0 Å². The van der Waals surface area contributed by atoms with Gasteiger partial charge in [-0.2, -0.15) is 0 Å². The molecule has 0 aliphatic carbocycles. The first kappa shape index (κ1) is 91.2. The zero-order valence-electron chi connectivity index (χ0n) is 60.5. The van der Waals surface area contributed by atoms with Crippen molar-refractivity contribution in [3.05, 3.63) is 0 Å². The van der Waals surface area contributed by atoms with Gasteiger partial charge in [0.2, 0.25) is 17.7 Å². The largest absolute Gasteiger partial charge is 0.477 e. The second-order valence-corrected chi connectivity index (χ2v) is 28.8. The van der Waals surface area contributed by atoms with Crippen molar-refractivity contribution in [2.24, 2.45) is 0 Å². The van der Waals surface area contributed by atoms with Crippen molar-refractivity contribution in [1.82, 2.24) is 16.0 Å². The summed E-state index contributed by atoms with van der Waals surface area (Å²) in [4.78, 5) is 52.7. The highest BCUT2D eigenvalue weighted by Gasteiger charge is 2.64. The number of amides is 3. The molecule has 0 radical (unpaired) electrons. The Bertz CT molecular complexity index is 3000. The molecule has 0 bridgehead atoms. The number of carboxylic acid groups (broad SMARTS) is 1. The van der Waals surface area contributed by atoms with E-state index in [0.29, 0.717) is 0 Å². The summed E-state index contributed by atoms with van der Waals surface area (Å²) in [5.41, 5.74) is 0. The highest BCUT2D eigenvalue weighted by Crippen LogP contribution is 2.43. The minimum Gasteiger partial charge on any atom is -0.477 e. The van der Waals surface area contributed by atoms with Crippen LogP contribution >= 0.6 is 0 Å². The van der Waals surface area contributed by atoms with Gasteiger partial charge in [-0.25, -0.2) is 4.79 Å². The van der Waals surface area contributed by atoms with Crippen LogP contribution in [0.2, 0.25) is 0 Å². The van der Waals surface area contributed by atoms with Crippen LogP contribution in [0.5, 0.6) is 0 Å². The van der Waals surface area contributed by atoms with E-state index in [2.05, 4.69) is 16.0 Å². The molecule has 9 aliphatic heterocycles. The molecule has 3 amide bonds. The monoisotopic (exact) mass is 1620 g/mol. The molecule has 48 heteroatoms. The number of rotatable bonds is 27. The van der Waals surface area contributed by atoms with Gasteiger partial charge in [-0.3, -0.25) is 14.4 Å². The van der Waals surface area contributed by atoms with Crippen LogP contribution in [0.15, 0.2) is 0 Å². The predicted molar refractivity (Wildman–Crippen MR) is 343 cm³/mol. The van der Waals surface area contributed by atoms with Gasteiger partial charge in [0, 0.05) is 27.2 Å². The van der Waals surface area contributed by atoms with Crippen LogP contribution in [0.1, 0.15) is 54.9 Å². The van der Waals surface area contributed by atoms with Gasteiger partial charge in [-0.15, -0.1) is 0 Å². The molecule has 9 fully saturated rings. The molecule has 27 N–H and O–H groups in total. The number of carboxylic acids is 1. The molecule has 642 valence electrons. The van der Waals surface area contributed by atoms with E-state index in [1.54, 1.807) is 0 Å². The molecule has 9 saturated heterocycles. The number of carbonyl (C=O) groups excluding carboxylic acids is 3. The molecule has 0 aromatic carbocycles. The number of nitrogens with one attached hydrogen (secondary N) is 3. The number of aliphatic carboxylic acids is 1. The number of aliphatic hydroxyl groups excluding tert-OH is 23. The molecule has 9 heterocycles. The van der Waals surface area contributed by atoms with E-state index in [-0.39, 0.29) is 0 Å². The Morgan fingerprint density at radius 1 is 0.387 bits per heavy atom. The standard InChI is InChI=1S/C63H105N3O45/c1-14-30(75)40(85)43(88)57(96-14)107-49-29(66-20(7)73)55(104-25(12-70)47(49)105-56-27(64-18(5)71)39(84)35(80)23(10-68)102-56)95-13-26-38(83)48(28(54(92)100-26)65-19(6)72)106-60-46(91)51(37(82)24(11-69)103-60)111-63(62(93)94)8-22(36(81)50(110-63)34(79)21(74)9-67)101-61-53(109-59-45(90)42(87)32(77)16(3)98-59)52(33(78)17(4)99-61)108-58-44(89)41(86)31(76)15(2)97-58/h14-17,21-61,67-70,74-92H,8-13H2,1-7H3,(H,64,71)(H,65,72)(H,66,73)(H,93,94)/t14-,15-,16-,17-,21+,22-,23+,24+,25+,26+,27+,28+,29+,30+,31+,32+,33+,34+,35-,36+,37-,38-,39+,40+,41+,42+,43-,44-,45-,46+,47+,48+,49+,50-,51-,52+,53-,54-,55+,56-,57-,58-,59-,60-,61-,63-/m0/s1. The lowest BCUT2D eigenvalue weighted by molar-refractivity contribution is -0.409. The van der Waals surface area contributed by atoms with E-state index in [1.807, 2.05) is 0 Å². The number of carbonyl (C=O) groups is 4. The second kappa shape index (κ2) is 38.3. The third-order valence-corrected chi connectivity index (χ3v) is 20.8. The summed E-state index contributed by atoms with van der Waals surface area (Å²) in [6.07, 6.45) is -87.0. The smallest absolute Gasteiger partial charge is 0.364 e. The molecule has 48 nitrogen and oxygen atoms in total. The SMILES string of the molecule is CC(=O)N[C@@H]1[C@@H](O[C@@H]2O[C@H](CO)[C@H](O)[C@H](O[C@]3(C(=O)O)C[C@H](O[C@@H]4O[C@@H](C)[C@@H](O)[C@@H](O[C@@H]5O[C@@H](C)[C@@H](O)[C@@H](O)[C@@H]5O)[C@@H]4O[C@@H]4O[C@@H](C)[C@@H](O)[C@@H](O)[C@@H]4O)[C@@H](O)[C@H]([C@H](O)[C@H](O)CO)O3)[C@H]2O)[C@@H](O)[C@@H](CO[C@@H]2O[C@H](CO)[C@@H](O[C@@H]3O[C@H](CO)[C@H](O)[C@H](O)[C@H]3NC(C)=O)[C@H](O[C@@H]3O[C@@H](C)[C@@H](O)[C@@H](O)[C@@H]3O)[C@H]2NC(C)=O)O[C@@H]1O. The molecule has 111 heavy (non-hydrogen) atoms. The van der Waals surface area contributed by atoms with Gasteiger partial charge in [-0.05, 0) is 27.7 Å². The van der Waals surface area contributed by atoms with Crippen LogP contribution in [0.25, 0.3) is 0 Å². The second-order valence-electron chi connectivity index (χ2n) is 28.8. The molecule has 0 unspecified atom stereocenters. The molecule has 9 aliphatic rings. The van der Waals surface area contributed by atoms with Crippen molar-refractivity contribution in [3.8, 4) is 0 Å². The summed E-state index contributed by atoms with van der Waals surface area (Å²) in [6, 6.07) is -5.49. The maximum Gasteiger partial charge on any atom is 0.364 e. The van der Waals surface area contributed by atoms with Crippen LogP contribution in [-0.2, 0) is 99.7 Å². The molecule has 0 aromatic rings. The minimum absolute atomic E-state index is 0.813. The van der Waals surface area contributed by atoms with Crippen molar-refractivity contribution in [2.45, 2.75) is 337 Å². The topological polar surface area (TPSA) is 747 Å². The lowest BCUT2D eigenvalue weighted by atomic mass is 9.89. The van der Waals surface area contributed by atoms with Gasteiger partial charge in [-0.1, -0.05) is 0 Å². The van der Waals surface area contributed by atoms with Crippen molar-refractivity contribution in [3.63, 3.8) is 0 Å². The fourth-order valence-corrected chi connectivity index (χ4v) is 14.5. The van der Waals surface area contributed by atoms with E-state index in [1.165, 1.54) is 27.7 Å². The van der Waals surface area contributed by atoms with E-state index in [4.69, 9.17) is 80.5 Å². The maximum absolute atomic E-state index is 14.1. The van der Waals surface area contributed by atoms with E-state index < -0.39 is 345 Å². The molecular weight excluding hydrogens is 1520 g/mol. The average Bonchev–Trinajstić information content (AvgIpc) is 0.741. The molecular formula is C63H105N3O45. The van der Waals surface area contributed by atoms with Crippen LogP contribution in [0.4, 0.5) is 0 Å². The molecule has 0 spiro atoms. The van der Waals surface area contributed by atoms with Crippen molar-refractivity contribution >= 4 is 23.7 Å². The van der Waals surface area contributed by atoms with E-state index in [9.17, 15) is 142 Å². The fourth-order valence-electron chi connectivity index (χ4n) is 14.5. The normalized spacial score (nSPS) is 49.9. The maximum atomic E-state index is 14.1. The average molecular weight is 1620 g/mol. The van der Waals surface area contributed by atoms with Gasteiger partial charge in [0.25, 0.3) is 5.79 Å². The molecule has 46 atom stereocenters. The predicted octanol–water partition coefficient (Wildman–Crippen LogP) is -16.9. The Morgan fingerprint density at radius 3 is 1.32 bits per heavy atom.